The van der Waals surface area contributed by atoms with E-state index in [0.717, 1.165) is 43.9 Å². The molecular weight excluding hydrogens is 376 g/mol. The Hall–Kier alpha value is -3.54. The van der Waals surface area contributed by atoms with E-state index < -0.39 is 0 Å². The fourth-order valence-electron chi connectivity index (χ4n) is 3.61. The molecule has 1 aromatic heterocycles. The molecular formula is C24H26N4O2. The van der Waals surface area contributed by atoms with E-state index in [1.807, 2.05) is 24.3 Å². The number of hydrogen-bond donors (Lipinski definition) is 1. The van der Waals surface area contributed by atoms with Gasteiger partial charge >= 0.3 is 0 Å². The molecule has 1 fully saturated rings. The Kier molecular flexibility index (Phi) is 6.13. The minimum absolute atomic E-state index is 0.509. The highest BCUT2D eigenvalue weighted by Gasteiger charge is 2.22. The van der Waals surface area contributed by atoms with Crippen molar-refractivity contribution in [3.8, 4) is 11.6 Å². The van der Waals surface area contributed by atoms with Crippen molar-refractivity contribution in [2.24, 2.45) is 5.16 Å². The lowest BCUT2D eigenvalue weighted by Gasteiger charge is -2.37. The molecule has 154 valence electrons. The second-order valence-corrected chi connectivity index (χ2v) is 7.22. The van der Waals surface area contributed by atoms with Crippen LogP contribution in [-0.2, 0) is 6.42 Å². The number of hydrogen-bond acceptors (Lipinski definition) is 5. The van der Waals surface area contributed by atoms with E-state index in [-0.39, 0.29) is 0 Å². The van der Waals surface area contributed by atoms with E-state index in [1.165, 1.54) is 11.3 Å². The van der Waals surface area contributed by atoms with Crippen LogP contribution >= 0.6 is 0 Å². The lowest BCUT2D eigenvalue weighted by Crippen LogP contribution is -2.49. The monoisotopic (exact) mass is 402 g/mol. The van der Waals surface area contributed by atoms with Crippen LogP contribution in [0.3, 0.4) is 0 Å². The molecule has 1 aliphatic rings. The van der Waals surface area contributed by atoms with Gasteiger partial charge in [-0.2, -0.15) is 0 Å². The van der Waals surface area contributed by atoms with Crippen LogP contribution in [0.15, 0.2) is 78.1 Å². The van der Waals surface area contributed by atoms with Gasteiger partial charge in [0.15, 0.2) is 5.84 Å². The Morgan fingerprint density at radius 3 is 2.30 bits per heavy atom. The molecule has 0 bridgehead atoms. The van der Waals surface area contributed by atoms with E-state index in [4.69, 9.17) is 4.74 Å². The molecule has 30 heavy (non-hydrogen) atoms. The second kappa shape index (κ2) is 9.31. The number of amidine groups is 1. The van der Waals surface area contributed by atoms with Gasteiger partial charge in [0, 0.05) is 49.7 Å². The first kappa shape index (κ1) is 19.8. The van der Waals surface area contributed by atoms with E-state index in [2.05, 4.69) is 63.3 Å². The summed E-state index contributed by atoms with van der Waals surface area (Å²) >= 11 is 0. The molecule has 0 saturated carbocycles. The molecule has 1 saturated heterocycles. The van der Waals surface area contributed by atoms with Gasteiger partial charge in [-0.25, -0.2) is 4.98 Å². The van der Waals surface area contributed by atoms with Crippen molar-refractivity contribution in [2.45, 2.75) is 13.3 Å². The molecule has 1 N–H and O–H groups in total. The first-order valence-corrected chi connectivity index (χ1v) is 10.3. The molecule has 4 rings (SSSR count). The third-order valence-corrected chi connectivity index (χ3v) is 5.34. The summed E-state index contributed by atoms with van der Waals surface area (Å²) in [5.74, 6) is 1.80. The van der Waals surface area contributed by atoms with E-state index in [9.17, 15) is 5.21 Å². The number of oxime groups is 1. The van der Waals surface area contributed by atoms with E-state index >= 15 is 0 Å². The Morgan fingerprint density at radius 1 is 0.967 bits per heavy atom. The lowest BCUT2D eigenvalue weighted by molar-refractivity contribution is 0.296. The number of piperazine rings is 1. The summed E-state index contributed by atoms with van der Waals surface area (Å²) in [5.41, 5.74) is 3.25. The fraction of sp³-hybridized carbons (Fsp3) is 0.250. The number of benzene rings is 2. The van der Waals surface area contributed by atoms with Gasteiger partial charge in [-0.3, -0.25) is 0 Å². The molecule has 6 heteroatoms. The molecule has 2 aromatic carbocycles. The summed E-state index contributed by atoms with van der Waals surface area (Å²) in [6, 6.07) is 22.0. The largest absolute Gasteiger partial charge is 0.439 e. The van der Waals surface area contributed by atoms with Crippen LogP contribution in [0.4, 0.5) is 5.69 Å². The fourth-order valence-corrected chi connectivity index (χ4v) is 3.61. The van der Waals surface area contributed by atoms with Crippen LogP contribution in [0.1, 0.15) is 18.1 Å². The standard InChI is InChI=1S/C24H26N4O2/c1-2-19-8-11-22(12-9-19)30-23-13-10-20(18-25-23)24(26-29)28-16-14-27(15-17-28)21-6-4-3-5-7-21/h3-13,18,29H,2,14-17H2,1H3/b26-24-. The molecule has 0 atom stereocenters. The summed E-state index contributed by atoms with van der Waals surface area (Å²) in [5, 5.41) is 13.2. The molecule has 0 aliphatic carbocycles. The first-order chi connectivity index (χ1) is 14.8. The third-order valence-electron chi connectivity index (χ3n) is 5.34. The number of para-hydroxylation sites is 1. The quantitative estimate of drug-likeness (QED) is 0.297. The summed E-state index contributed by atoms with van der Waals surface area (Å²) in [4.78, 5) is 8.81. The summed E-state index contributed by atoms with van der Waals surface area (Å²) in [6.07, 6.45) is 2.68. The van der Waals surface area contributed by atoms with Crippen molar-refractivity contribution < 1.29 is 9.94 Å². The zero-order valence-electron chi connectivity index (χ0n) is 17.1. The van der Waals surface area contributed by atoms with Crippen molar-refractivity contribution in [1.29, 1.82) is 0 Å². The maximum absolute atomic E-state index is 9.64. The third kappa shape index (κ3) is 4.54. The van der Waals surface area contributed by atoms with Crippen LogP contribution in [0, 0.1) is 0 Å². The molecule has 3 aromatic rings. The predicted molar refractivity (Wildman–Crippen MR) is 119 cm³/mol. The SMILES string of the molecule is CCc1ccc(Oc2ccc(/C(=N/O)N3CCN(c4ccccc4)CC3)cn2)cc1. The van der Waals surface area contributed by atoms with Crippen LogP contribution in [0.2, 0.25) is 0 Å². The minimum atomic E-state index is 0.509. The van der Waals surface area contributed by atoms with Crippen molar-refractivity contribution >= 4 is 11.5 Å². The first-order valence-electron chi connectivity index (χ1n) is 10.3. The Bertz CT molecular complexity index is 964. The average molecular weight is 402 g/mol. The maximum atomic E-state index is 9.64. The number of rotatable bonds is 5. The van der Waals surface area contributed by atoms with Crippen LogP contribution in [-0.4, -0.2) is 47.1 Å². The number of aryl methyl sites for hydroxylation is 1. The molecule has 0 unspecified atom stereocenters. The van der Waals surface area contributed by atoms with E-state index in [0.29, 0.717) is 11.7 Å². The topological polar surface area (TPSA) is 61.2 Å². The summed E-state index contributed by atoms with van der Waals surface area (Å²) in [6.45, 7) is 5.40. The predicted octanol–water partition coefficient (Wildman–Crippen LogP) is 4.39. The number of anilines is 1. The highest BCUT2D eigenvalue weighted by Crippen LogP contribution is 2.21. The van der Waals surface area contributed by atoms with Gasteiger partial charge in [0.1, 0.15) is 5.75 Å². The van der Waals surface area contributed by atoms with Gasteiger partial charge in [-0.05, 0) is 42.3 Å². The summed E-state index contributed by atoms with van der Waals surface area (Å²) in [7, 11) is 0. The molecule has 6 nitrogen and oxygen atoms in total. The van der Waals surface area contributed by atoms with Crippen LogP contribution in [0.5, 0.6) is 11.6 Å². The molecule has 0 amide bonds. The van der Waals surface area contributed by atoms with Gasteiger partial charge < -0.3 is 19.7 Å². The van der Waals surface area contributed by atoms with Crippen molar-refractivity contribution in [3.63, 3.8) is 0 Å². The molecule has 0 spiro atoms. The minimum Gasteiger partial charge on any atom is -0.439 e. The highest BCUT2D eigenvalue weighted by molar-refractivity contribution is 5.98. The van der Waals surface area contributed by atoms with Gasteiger partial charge in [0.25, 0.3) is 0 Å². The summed E-state index contributed by atoms with van der Waals surface area (Å²) < 4.78 is 5.82. The van der Waals surface area contributed by atoms with Gasteiger partial charge in [0.05, 0.1) is 0 Å². The van der Waals surface area contributed by atoms with Crippen molar-refractivity contribution in [1.82, 2.24) is 9.88 Å². The van der Waals surface area contributed by atoms with Crippen molar-refractivity contribution in [2.75, 3.05) is 31.1 Å². The molecule has 0 radical (unpaired) electrons. The Labute approximate surface area is 177 Å². The van der Waals surface area contributed by atoms with Gasteiger partial charge in [-0.1, -0.05) is 42.4 Å². The van der Waals surface area contributed by atoms with Gasteiger partial charge in [0.2, 0.25) is 5.88 Å². The Balaban J connectivity index is 1.39. The Morgan fingerprint density at radius 2 is 1.70 bits per heavy atom. The average Bonchev–Trinajstić information content (AvgIpc) is 2.82. The zero-order chi connectivity index (χ0) is 20.8. The van der Waals surface area contributed by atoms with E-state index in [1.54, 1.807) is 12.3 Å². The molecule has 1 aliphatic heterocycles. The van der Waals surface area contributed by atoms with Crippen LogP contribution in [0.25, 0.3) is 0 Å². The maximum Gasteiger partial charge on any atom is 0.219 e. The van der Waals surface area contributed by atoms with Crippen LogP contribution < -0.4 is 9.64 Å². The smallest absolute Gasteiger partial charge is 0.219 e. The second-order valence-electron chi connectivity index (χ2n) is 7.22. The van der Waals surface area contributed by atoms with Crippen molar-refractivity contribution in [3.05, 3.63) is 84.1 Å². The highest BCUT2D eigenvalue weighted by atomic mass is 16.5. The lowest BCUT2D eigenvalue weighted by atomic mass is 10.2. The number of pyridine rings is 1. The molecule has 2 heterocycles. The number of ether oxygens (including phenoxy) is 1. The number of aromatic nitrogens is 1. The normalized spacial score (nSPS) is 14.6. The number of nitrogens with zero attached hydrogens (tertiary/aromatic N) is 4. The van der Waals surface area contributed by atoms with Gasteiger partial charge in [-0.15, -0.1) is 0 Å². The zero-order valence-corrected chi connectivity index (χ0v) is 17.1.